The number of hydrogen-bond donors (Lipinski definition) is 1. The number of hydrogen-bond acceptors (Lipinski definition) is 1. The Hall–Kier alpha value is -2.38. The van der Waals surface area contributed by atoms with E-state index in [0.29, 0.717) is 0 Å². The minimum atomic E-state index is -0.857. The summed E-state index contributed by atoms with van der Waals surface area (Å²) in [6.45, 7) is 0. The summed E-state index contributed by atoms with van der Waals surface area (Å²) in [5, 5.41) is 11.4. The van der Waals surface area contributed by atoms with Crippen molar-refractivity contribution >= 4 is 0 Å². The molecule has 1 unspecified atom stereocenters. The lowest BCUT2D eigenvalue weighted by molar-refractivity contribution is 0.0616. The minimum absolute atomic E-state index is 0.786. The van der Waals surface area contributed by atoms with Gasteiger partial charge in [0.1, 0.15) is 5.60 Å². The van der Waals surface area contributed by atoms with Gasteiger partial charge in [0.15, 0.2) is 0 Å². The molecule has 0 aromatic heterocycles. The zero-order chi connectivity index (χ0) is 15.7. The SMILES string of the molecule is OC1(c2ccc(-c3ccccc3)cc2)CCCc2ccccc21. The molecule has 0 fully saturated rings. The maximum absolute atomic E-state index is 11.4. The molecule has 23 heavy (non-hydrogen) atoms. The van der Waals surface area contributed by atoms with E-state index in [0.717, 1.165) is 30.4 Å². The molecule has 3 aromatic carbocycles. The summed E-state index contributed by atoms with van der Waals surface area (Å²) in [5.41, 5.74) is 4.86. The summed E-state index contributed by atoms with van der Waals surface area (Å²) in [6, 6.07) is 27.0. The fourth-order valence-corrected chi connectivity index (χ4v) is 3.68. The molecule has 1 heteroatoms. The molecular weight excluding hydrogens is 280 g/mol. The van der Waals surface area contributed by atoms with Crippen molar-refractivity contribution in [1.29, 1.82) is 0 Å². The molecule has 114 valence electrons. The average Bonchev–Trinajstić information content (AvgIpc) is 2.63. The quantitative estimate of drug-likeness (QED) is 0.712. The number of benzene rings is 3. The van der Waals surface area contributed by atoms with Gasteiger partial charge in [-0.3, -0.25) is 0 Å². The predicted octanol–water partition coefficient (Wildman–Crippen LogP) is 4.93. The van der Waals surface area contributed by atoms with Crippen molar-refractivity contribution in [2.45, 2.75) is 24.9 Å². The lowest BCUT2D eigenvalue weighted by atomic mass is 9.75. The maximum atomic E-state index is 11.4. The molecule has 0 radical (unpaired) electrons. The third-order valence-corrected chi connectivity index (χ3v) is 4.92. The molecule has 1 N–H and O–H groups in total. The van der Waals surface area contributed by atoms with Gasteiger partial charge < -0.3 is 5.11 Å². The van der Waals surface area contributed by atoms with Gasteiger partial charge in [0.25, 0.3) is 0 Å². The summed E-state index contributed by atoms with van der Waals surface area (Å²) >= 11 is 0. The second-order valence-corrected chi connectivity index (χ2v) is 6.31. The van der Waals surface area contributed by atoms with Gasteiger partial charge in [-0.15, -0.1) is 0 Å². The fraction of sp³-hybridized carbons (Fsp3) is 0.182. The average molecular weight is 300 g/mol. The van der Waals surface area contributed by atoms with Crippen LogP contribution in [0, 0.1) is 0 Å². The molecule has 0 saturated heterocycles. The second kappa shape index (κ2) is 5.68. The molecule has 0 aliphatic heterocycles. The van der Waals surface area contributed by atoms with Gasteiger partial charge in [-0.05, 0) is 47.1 Å². The highest BCUT2D eigenvalue weighted by Gasteiger charge is 2.35. The van der Waals surface area contributed by atoms with E-state index in [2.05, 4.69) is 54.6 Å². The number of aryl methyl sites for hydroxylation is 1. The van der Waals surface area contributed by atoms with E-state index in [1.165, 1.54) is 16.7 Å². The van der Waals surface area contributed by atoms with Crippen LogP contribution in [0.4, 0.5) is 0 Å². The van der Waals surface area contributed by atoms with Gasteiger partial charge in [-0.1, -0.05) is 78.9 Å². The van der Waals surface area contributed by atoms with Crippen LogP contribution in [-0.4, -0.2) is 5.11 Å². The van der Waals surface area contributed by atoms with Crippen molar-refractivity contribution in [2.24, 2.45) is 0 Å². The van der Waals surface area contributed by atoms with Crippen LogP contribution in [-0.2, 0) is 12.0 Å². The Morgan fingerprint density at radius 2 is 1.35 bits per heavy atom. The minimum Gasteiger partial charge on any atom is -0.380 e. The van der Waals surface area contributed by atoms with Gasteiger partial charge in [0.2, 0.25) is 0 Å². The molecular formula is C22H20O. The third-order valence-electron chi connectivity index (χ3n) is 4.92. The van der Waals surface area contributed by atoms with Crippen molar-refractivity contribution in [3.63, 3.8) is 0 Å². The van der Waals surface area contributed by atoms with Crippen LogP contribution in [0.5, 0.6) is 0 Å². The summed E-state index contributed by atoms with van der Waals surface area (Å²) in [6.07, 6.45) is 2.86. The lowest BCUT2D eigenvalue weighted by Crippen LogP contribution is -2.31. The van der Waals surface area contributed by atoms with Gasteiger partial charge in [0, 0.05) is 0 Å². The molecule has 0 spiro atoms. The van der Waals surface area contributed by atoms with Crippen molar-refractivity contribution in [3.05, 3.63) is 95.6 Å². The Morgan fingerprint density at radius 1 is 0.696 bits per heavy atom. The molecule has 1 aliphatic rings. The highest BCUT2D eigenvalue weighted by molar-refractivity contribution is 5.64. The second-order valence-electron chi connectivity index (χ2n) is 6.31. The highest BCUT2D eigenvalue weighted by Crippen LogP contribution is 2.40. The number of aliphatic hydroxyl groups is 1. The van der Waals surface area contributed by atoms with E-state index in [1.807, 2.05) is 24.3 Å². The summed E-state index contributed by atoms with van der Waals surface area (Å²) < 4.78 is 0. The highest BCUT2D eigenvalue weighted by atomic mass is 16.3. The maximum Gasteiger partial charge on any atom is 0.115 e. The lowest BCUT2D eigenvalue weighted by Gasteiger charge is -2.35. The Labute approximate surface area is 137 Å². The number of fused-ring (bicyclic) bond motifs is 1. The zero-order valence-corrected chi connectivity index (χ0v) is 13.1. The van der Waals surface area contributed by atoms with Crippen LogP contribution in [0.25, 0.3) is 11.1 Å². The van der Waals surface area contributed by atoms with Crippen molar-refractivity contribution < 1.29 is 5.11 Å². The third kappa shape index (κ3) is 2.47. The zero-order valence-electron chi connectivity index (χ0n) is 13.1. The van der Waals surface area contributed by atoms with E-state index >= 15 is 0 Å². The summed E-state index contributed by atoms with van der Waals surface area (Å²) in [4.78, 5) is 0. The van der Waals surface area contributed by atoms with Crippen LogP contribution in [0.15, 0.2) is 78.9 Å². The van der Waals surface area contributed by atoms with Crippen molar-refractivity contribution in [3.8, 4) is 11.1 Å². The molecule has 0 saturated carbocycles. The van der Waals surface area contributed by atoms with Gasteiger partial charge in [0.05, 0.1) is 0 Å². The molecule has 3 aromatic rings. The summed E-state index contributed by atoms with van der Waals surface area (Å²) in [7, 11) is 0. The summed E-state index contributed by atoms with van der Waals surface area (Å²) in [5.74, 6) is 0. The van der Waals surface area contributed by atoms with Crippen molar-refractivity contribution in [2.75, 3.05) is 0 Å². The molecule has 0 bridgehead atoms. The van der Waals surface area contributed by atoms with Gasteiger partial charge in [-0.25, -0.2) is 0 Å². The first kappa shape index (κ1) is 14.2. The number of rotatable bonds is 2. The van der Waals surface area contributed by atoms with E-state index in [4.69, 9.17) is 0 Å². The van der Waals surface area contributed by atoms with Crippen LogP contribution in [0.1, 0.15) is 29.5 Å². The topological polar surface area (TPSA) is 20.2 Å². The van der Waals surface area contributed by atoms with Gasteiger partial charge in [-0.2, -0.15) is 0 Å². The Morgan fingerprint density at radius 3 is 2.13 bits per heavy atom. The first-order chi connectivity index (χ1) is 11.3. The molecule has 0 amide bonds. The monoisotopic (exact) mass is 300 g/mol. The van der Waals surface area contributed by atoms with E-state index in [1.54, 1.807) is 0 Å². The first-order valence-electron chi connectivity index (χ1n) is 8.24. The van der Waals surface area contributed by atoms with Crippen LogP contribution in [0.3, 0.4) is 0 Å². The van der Waals surface area contributed by atoms with E-state index in [-0.39, 0.29) is 0 Å². The van der Waals surface area contributed by atoms with Gasteiger partial charge >= 0.3 is 0 Å². The standard InChI is InChI=1S/C22H20O/c23-22(16-6-10-19-9-4-5-11-21(19)22)20-14-12-18(13-15-20)17-7-2-1-3-8-17/h1-5,7-9,11-15,23H,6,10,16H2. The Balaban J connectivity index is 1.74. The first-order valence-corrected chi connectivity index (χ1v) is 8.24. The normalized spacial score (nSPS) is 20.0. The van der Waals surface area contributed by atoms with Crippen LogP contribution < -0.4 is 0 Å². The largest absolute Gasteiger partial charge is 0.380 e. The van der Waals surface area contributed by atoms with Crippen LogP contribution >= 0.6 is 0 Å². The predicted molar refractivity (Wildman–Crippen MR) is 94.3 cm³/mol. The molecule has 4 rings (SSSR count). The smallest absolute Gasteiger partial charge is 0.115 e. The molecule has 1 aliphatic carbocycles. The molecule has 1 atom stereocenters. The molecule has 1 nitrogen and oxygen atoms in total. The Bertz CT molecular complexity index is 805. The van der Waals surface area contributed by atoms with Crippen molar-refractivity contribution in [1.82, 2.24) is 0 Å². The fourth-order valence-electron chi connectivity index (χ4n) is 3.68. The van der Waals surface area contributed by atoms with E-state index in [9.17, 15) is 5.11 Å². The van der Waals surface area contributed by atoms with Crippen LogP contribution in [0.2, 0.25) is 0 Å². The molecule has 0 heterocycles. The Kier molecular flexibility index (Phi) is 3.51. The van der Waals surface area contributed by atoms with E-state index < -0.39 is 5.60 Å².